The molecule has 0 saturated heterocycles. The summed E-state index contributed by atoms with van der Waals surface area (Å²) < 4.78 is 4.70. The van der Waals surface area contributed by atoms with Gasteiger partial charge in [-0.15, -0.1) is 0 Å². The molecule has 0 bridgehead atoms. The average molecular weight is 215 g/mol. The van der Waals surface area contributed by atoms with Gasteiger partial charge in [-0.1, -0.05) is 39.5 Å². The predicted molar refractivity (Wildman–Crippen MR) is 58.1 cm³/mol. The molecule has 0 aromatic heterocycles. The van der Waals surface area contributed by atoms with E-state index in [1.54, 1.807) is 0 Å². The smallest absolute Gasteiger partial charge is 0.396 e. The molecule has 0 aliphatic rings. The Labute approximate surface area is 91.2 Å². The van der Waals surface area contributed by atoms with Gasteiger partial charge in [0, 0.05) is 0 Å². The van der Waals surface area contributed by atoms with E-state index in [1.165, 1.54) is 12.8 Å². The van der Waals surface area contributed by atoms with Crippen molar-refractivity contribution >= 4 is 11.9 Å². The van der Waals surface area contributed by atoms with Gasteiger partial charge in [0.15, 0.2) is 0 Å². The van der Waals surface area contributed by atoms with Crippen LogP contribution in [-0.2, 0) is 14.3 Å². The SMILES string of the molecule is CCCCC(CC)CCOC(=O)C(N)=O. The molecule has 15 heavy (non-hydrogen) atoms. The molecule has 0 rings (SSSR count). The zero-order chi connectivity index (χ0) is 11.7. The van der Waals surface area contributed by atoms with Crippen LogP contribution in [0, 0.1) is 5.92 Å². The summed E-state index contributed by atoms with van der Waals surface area (Å²) in [4.78, 5) is 21.1. The van der Waals surface area contributed by atoms with Crippen LogP contribution in [0.15, 0.2) is 0 Å². The van der Waals surface area contributed by atoms with Crippen LogP contribution in [0.2, 0.25) is 0 Å². The Morgan fingerprint density at radius 3 is 2.40 bits per heavy atom. The molecule has 0 aliphatic heterocycles. The minimum atomic E-state index is -1.02. The van der Waals surface area contributed by atoms with E-state index in [1.807, 2.05) is 0 Å². The number of hydrogen-bond acceptors (Lipinski definition) is 3. The molecule has 4 heteroatoms. The maximum atomic E-state index is 10.7. The normalized spacial score (nSPS) is 12.1. The summed E-state index contributed by atoms with van der Waals surface area (Å²) in [7, 11) is 0. The Morgan fingerprint density at radius 1 is 1.27 bits per heavy atom. The van der Waals surface area contributed by atoms with E-state index in [-0.39, 0.29) is 0 Å². The van der Waals surface area contributed by atoms with E-state index in [9.17, 15) is 9.59 Å². The van der Waals surface area contributed by atoms with Gasteiger partial charge >= 0.3 is 11.9 Å². The fourth-order valence-corrected chi connectivity index (χ4v) is 1.43. The van der Waals surface area contributed by atoms with Crippen LogP contribution >= 0.6 is 0 Å². The molecule has 0 aromatic carbocycles. The zero-order valence-corrected chi connectivity index (χ0v) is 9.62. The predicted octanol–water partition coefficient (Wildman–Crippen LogP) is 1.62. The van der Waals surface area contributed by atoms with E-state index in [0.717, 1.165) is 19.3 Å². The largest absolute Gasteiger partial charge is 0.459 e. The van der Waals surface area contributed by atoms with Gasteiger partial charge in [-0.25, -0.2) is 4.79 Å². The maximum absolute atomic E-state index is 10.7. The average Bonchev–Trinajstić information content (AvgIpc) is 2.22. The molecule has 1 atom stereocenters. The second-order valence-corrected chi connectivity index (χ2v) is 3.71. The fourth-order valence-electron chi connectivity index (χ4n) is 1.43. The van der Waals surface area contributed by atoms with Gasteiger partial charge < -0.3 is 10.5 Å². The first-order valence-corrected chi connectivity index (χ1v) is 5.58. The third-order valence-electron chi connectivity index (χ3n) is 2.50. The zero-order valence-electron chi connectivity index (χ0n) is 9.62. The lowest BCUT2D eigenvalue weighted by atomic mass is 9.96. The fraction of sp³-hybridized carbons (Fsp3) is 0.818. The van der Waals surface area contributed by atoms with Crippen molar-refractivity contribution in [1.82, 2.24) is 0 Å². The van der Waals surface area contributed by atoms with Gasteiger partial charge in [0.05, 0.1) is 6.61 Å². The number of carbonyl (C=O) groups excluding carboxylic acids is 2. The van der Waals surface area contributed by atoms with Crippen LogP contribution in [0.3, 0.4) is 0 Å². The van der Waals surface area contributed by atoms with Gasteiger partial charge in [-0.2, -0.15) is 0 Å². The number of esters is 1. The Balaban J connectivity index is 3.62. The number of carbonyl (C=O) groups is 2. The Bertz CT molecular complexity index is 204. The first-order chi connectivity index (χ1) is 7.11. The van der Waals surface area contributed by atoms with Gasteiger partial charge in [-0.3, -0.25) is 4.79 Å². The van der Waals surface area contributed by atoms with Gasteiger partial charge in [-0.05, 0) is 12.3 Å². The van der Waals surface area contributed by atoms with Crippen LogP contribution in [-0.4, -0.2) is 18.5 Å². The van der Waals surface area contributed by atoms with E-state index in [4.69, 9.17) is 10.5 Å². The topological polar surface area (TPSA) is 69.4 Å². The third-order valence-corrected chi connectivity index (χ3v) is 2.50. The molecule has 4 nitrogen and oxygen atoms in total. The summed E-state index contributed by atoms with van der Waals surface area (Å²) in [6.07, 6.45) is 5.42. The van der Waals surface area contributed by atoms with Crippen LogP contribution in [0.5, 0.6) is 0 Å². The summed E-state index contributed by atoms with van der Waals surface area (Å²) in [5.41, 5.74) is 4.75. The number of rotatable bonds is 7. The summed E-state index contributed by atoms with van der Waals surface area (Å²) in [5.74, 6) is -1.37. The lowest BCUT2D eigenvalue weighted by Crippen LogP contribution is -2.26. The van der Waals surface area contributed by atoms with E-state index < -0.39 is 11.9 Å². The summed E-state index contributed by atoms with van der Waals surface area (Å²) in [6.45, 7) is 4.57. The molecule has 0 aromatic rings. The molecule has 0 spiro atoms. The third kappa shape index (κ3) is 6.94. The highest BCUT2D eigenvalue weighted by atomic mass is 16.5. The molecule has 0 heterocycles. The van der Waals surface area contributed by atoms with E-state index >= 15 is 0 Å². The first-order valence-electron chi connectivity index (χ1n) is 5.58. The van der Waals surface area contributed by atoms with Crippen LogP contribution in [0.25, 0.3) is 0 Å². The van der Waals surface area contributed by atoms with Crippen LogP contribution < -0.4 is 5.73 Å². The lowest BCUT2D eigenvalue weighted by Gasteiger charge is -2.13. The molecule has 88 valence electrons. The summed E-state index contributed by atoms with van der Waals surface area (Å²) in [5, 5.41) is 0. The van der Waals surface area contributed by atoms with Crippen molar-refractivity contribution in [3.05, 3.63) is 0 Å². The Hall–Kier alpha value is -1.06. The lowest BCUT2D eigenvalue weighted by molar-refractivity contribution is -0.153. The van der Waals surface area contributed by atoms with Crippen molar-refractivity contribution in [2.75, 3.05) is 6.61 Å². The van der Waals surface area contributed by atoms with Gasteiger partial charge in [0.25, 0.3) is 0 Å². The number of unbranched alkanes of at least 4 members (excludes halogenated alkanes) is 1. The highest BCUT2D eigenvalue weighted by Gasteiger charge is 2.11. The number of ether oxygens (including phenoxy) is 1. The molecule has 1 amide bonds. The number of hydrogen-bond donors (Lipinski definition) is 1. The van der Waals surface area contributed by atoms with Crippen molar-refractivity contribution in [2.45, 2.75) is 46.0 Å². The van der Waals surface area contributed by atoms with Gasteiger partial charge in [0.1, 0.15) is 0 Å². The maximum Gasteiger partial charge on any atom is 0.396 e. The number of primary amides is 1. The van der Waals surface area contributed by atoms with Crippen molar-refractivity contribution in [2.24, 2.45) is 11.7 Å². The van der Waals surface area contributed by atoms with Gasteiger partial charge in [0.2, 0.25) is 0 Å². The highest BCUT2D eigenvalue weighted by Crippen LogP contribution is 2.16. The number of nitrogens with two attached hydrogens (primary N) is 1. The van der Waals surface area contributed by atoms with Crippen LogP contribution in [0.4, 0.5) is 0 Å². The molecule has 2 N–H and O–H groups in total. The molecule has 0 aliphatic carbocycles. The summed E-state index contributed by atoms with van der Waals surface area (Å²) in [6, 6.07) is 0. The molecular weight excluding hydrogens is 194 g/mol. The molecule has 0 radical (unpaired) electrons. The molecule has 1 unspecified atom stereocenters. The van der Waals surface area contributed by atoms with Crippen LogP contribution in [0.1, 0.15) is 46.0 Å². The Morgan fingerprint density at radius 2 is 1.93 bits per heavy atom. The quantitative estimate of drug-likeness (QED) is 0.518. The van der Waals surface area contributed by atoms with Crippen molar-refractivity contribution in [3.63, 3.8) is 0 Å². The highest BCUT2D eigenvalue weighted by molar-refractivity contribution is 6.31. The number of amides is 1. The standard InChI is InChI=1S/C11H21NO3/c1-3-5-6-9(4-2)7-8-15-11(14)10(12)13/h9H,3-8H2,1-2H3,(H2,12,13). The minimum absolute atomic E-state index is 0.296. The molecule has 0 fully saturated rings. The first kappa shape index (κ1) is 13.9. The summed E-state index contributed by atoms with van der Waals surface area (Å²) >= 11 is 0. The second-order valence-electron chi connectivity index (χ2n) is 3.71. The molecule has 0 saturated carbocycles. The minimum Gasteiger partial charge on any atom is -0.459 e. The molecular formula is C11H21NO3. The van der Waals surface area contributed by atoms with E-state index in [2.05, 4.69) is 13.8 Å². The second kappa shape index (κ2) is 8.26. The van der Waals surface area contributed by atoms with Crippen molar-refractivity contribution in [1.29, 1.82) is 0 Å². The Kier molecular flexibility index (Phi) is 7.68. The van der Waals surface area contributed by atoms with Crippen molar-refractivity contribution in [3.8, 4) is 0 Å². The monoisotopic (exact) mass is 215 g/mol. The van der Waals surface area contributed by atoms with Crippen molar-refractivity contribution < 1.29 is 14.3 Å². The van der Waals surface area contributed by atoms with E-state index in [0.29, 0.717) is 12.5 Å².